The number of allylic oxidation sites excluding steroid dienone is 2. The fourth-order valence-corrected chi connectivity index (χ4v) is 1.95. The quantitative estimate of drug-likeness (QED) is 0.452. The van der Waals surface area contributed by atoms with Crippen molar-refractivity contribution in [2.24, 2.45) is 11.8 Å². The predicted octanol–water partition coefficient (Wildman–Crippen LogP) is 2.36. The summed E-state index contributed by atoms with van der Waals surface area (Å²) in [6, 6.07) is 0. The Labute approximate surface area is 50.6 Å². The third-order valence-corrected chi connectivity index (χ3v) is 2.56. The average molecular weight is 108 g/mol. The van der Waals surface area contributed by atoms with E-state index in [0.717, 1.165) is 11.8 Å². The molecule has 44 valence electrons. The van der Waals surface area contributed by atoms with E-state index < -0.39 is 0 Å². The summed E-state index contributed by atoms with van der Waals surface area (Å²) in [5.74, 6) is 2.04. The first-order chi connectivity index (χ1) is 3.90. The molecule has 0 aromatic heterocycles. The minimum absolute atomic E-state index is 1.01. The predicted molar refractivity (Wildman–Crippen MR) is 34.6 cm³/mol. The van der Waals surface area contributed by atoms with Gasteiger partial charge in [-0.05, 0) is 31.1 Å². The highest BCUT2D eigenvalue weighted by molar-refractivity contribution is 5.22. The normalized spacial score (nSPS) is 41.4. The summed E-state index contributed by atoms with van der Waals surface area (Å²) in [6.45, 7) is 2.27. The molecule has 2 bridgehead atoms. The van der Waals surface area contributed by atoms with Crippen molar-refractivity contribution in [2.45, 2.75) is 26.2 Å². The Morgan fingerprint density at radius 2 is 2.38 bits per heavy atom. The van der Waals surface area contributed by atoms with Gasteiger partial charge in [0.25, 0.3) is 0 Å². The molecule has 1 saturated carbocycles. The van der Waals surface area contributed by atoms with Crippen LogP contribution in [0.15, 0.2) is 11.6 Å². The molecular weight excluding hydrogens is 96.1 g/mol. The van der Waals surface area contributed by atoms with Crippen LogP contribution in [0.2, 0.25) is 0 Å². The van der Waals surface area contributed by atoms with Gasteiger partial charge in [-0.2, -0.15) is 0 Å². The van der Waals surface area contributed by atoms with Crippen LogP contribution in [0, 0.1) is 11.8 Å². The van der Waals surface area contributed by atoms with Crippen molar-refractivity contribution in [3.63, 3.8) is 0 Å². The van der Waals surface area contributed by atoms with E-state index in [1.165, 1.54) is 19.3 Å². The van der Waals surface area contributed by atoms with Crippen LogP contribution in [0.3, 0.4) is 0 Å². The van der Waals surface area contributed by atoms with Crippen LogP contribution in [0.25, 0.3) is 0 Å². The van der Waals surface area contributed by atoms with Crippen molar-refractivity contribution in [2.75, 3.05) is 0 Å². The van der Waals surface area contributed by atoms with Gasteiger partial charge in [0.05, 0.1) is 0 Å². The lowest BCUT2D eigenvalue weighted by Gasteiger charge is -2.24. The van der Waals surface area contributed by atoms with E-state index in [-0.39, 0.29) is 0 Å². The van der Waals surface area contributed by atoms with Crippen LogP contribution in [0.5, 0.6) is 0 Å². The van der Waals surface area contributed by atoms with Gasteiger partial charge in [0, 0.05) is 0 Å². The van der Waals surface area contributed by atoms with Gasteiger partial charge in [0.1, 0.15) is 0 Å². The van der Waals surface area contributed by atoms with Gasteiger partial charge < -0.3 is 0 Å². The number of hydrogen-bond donors (Lipinski definition) is 0. The molecule has 0 atom stereocenters. The second-order valence-corrected chi connectivity index (χ2v) is 3.02. The van der Waals surface area contributed by atoms with E-state index in [1.54, 1.807) is 5.57 Å². The summed E-state index contributed by atoms with van der Waals surface area (Å²) in [4.78, 5) is 0. The molecule has 0 nitrogen and oxygen atoms in total. The molecule has 8 heavy (non-hydrogen) atoms. The Kier molecular flexibility index (Phi) is 0.787. The second-order valence-electron chi connectivity index (χ2n) is 3.02. The van der Waals surface area contributed by atoms with Crippen molar-refractivity contribution in [3.8, 4) is 0 Å². The standard InChI is InChI=1S/C8H12/c1-2-7-3-6-4-8(7)5-6/h3,6,8H,2,4-5H2,1H3. The van der Waals surface area contributed by atoms with Gasteiger partial charge >= 0.3 is 0 Å². The third-order valence-electron chi connectivity index (χ3n) is 2.56. The van der Waals surface area contributed by atoms with Gasteiger partial charge in [-0.25, -0.2) is 0 Å². The maximum atomic E-state index is 2.49. The molecular formula is C8H12. The zero-order chi connectivity index (χ0) is 5.56. The van der Waals surface area contributed by atoms with Gasteiger partial charge in [-0.15, -0.1) is 0 Å². The van der Waals surface area contributed by atoms with E-state index in [9.17, 15) is 0 Å². The minimum Gasteiger partial charge on any atom is -0.0819 e. The lowest BCUT2D eigenvalue weighted by molar-refractivity contribution is 0.321. The Bertz CT molecular complexity index is 127. The Morgan fingerprint density at radius 3 is 2.62 bits per heavy atom. The van der Waals surface area contributed by atoms with Crippen molar-refractivity contribution >= 4 is 0 Å². The average Bonchev–Trinajstić information content (AvgIpc) is 2.15. The van der Waals surface area contributed by atoms with Crippen molar-refractivity contribution in [1.82, 2.24) is 0 Å². The molecule has 0 saturated heterocycles. The van der Waals surface area contributed by atoms with Crippen LogP contribution < -0.4 is 0 Å². The molecule has 1 fully saturated rings. The largest absolute Gasteiger partial charge is 0.0819 e. The first-order valence-corrected chi connectivity index (χ1v) is 3.60. The zero-order valence-electron chi connectivity index (χ0n) is 5.35. The van der Waals surface area contributed by atoms with E-state index in [1.807, 2.05) is 0 Å². The molecule has 3 aliphatic rings. The summed E-state index contributed by atoms with van der Waals surface area (Å²) < 4.78 is 0. The third kappa shape index (κ3) is 0.410. The zero-order valence-corrected chi connectivity index (χ0v) is 5.35. The highest BCUT2D eigenvalue weighted by Gasteiger charge is 2.35. The van der Waals surface area contributed by atoms with E-state index in [2.05, 4.69) is 13.0 Å². The summed E-state index contributed by atoms with van der Waals surface area (Å²) >= 11 is 0. The SMILES string of the molecule is CCC1=CC2CC1C2. The van der Waals surface area contributed by atoms with E-state index in [0.29, 0.717) is 0 Å². The lowest BCUT2D eigenvalue weighted by Crippen LogP contribution is -2.13. The van der Waals surface area contributed by atoms with E-state index in [4.69, 9.17) is 0 Å². The topological polar surface area (TPSA) is 0 Å². The minimum atomic E-state index is 1.01. The van der Waals surface area contributed by atoms with Crippen LogP contribution in [-0.2, 0) is 0 Å². The summed E-state index contributed by atoms with van der Waals surface area (Å²) in [5.41, 5.74) is 1.75. The second kappa shape index (κ2) is 1.37. The van der Waals surface area contributed by atoms with Crippen LogP contribution in [0.4, 0.5) is 0 Å². The molecule has 0 unspecified atom stereocenters. The highest BCUT2D eigenvalue weighted by atomic mass is 14.4. The van der Waals surface area contributed by atoms with Gasteiger partial charge in [-0.1, -0.05) is 18.6 Å². The number of rotatable bonds is 1. The molecule has 3 aliphatic carbocycles. The molecule has 0 aromatic rings. The van der Waals surface area contributed by atoms with Crippen molar-refractivity contribution < 1.29 is 0 Å². The van der Waals surface area contributed by atoms with Gasteiger partial charge in [0.15, 0.2) is 0 Å². The molecule has 0 aliphatic heterocycles. The fourth-order valence-electron chi connectivity index (χ4n) is 1.95. The van der Waals surface area contributed by atoms with Crippen molar-refractivity contribution in [3.05, 3.63) is 11.6 Å². The molecule has 0 radical (unpaired) electrons. The molecule has 0 heteroatoms. The van der Waals surface area contributed by atoms with Gasteiger partial charge in [0.2, 0.25) is 0 Å². The first kappa shape index (κ1) is 4.60. The molecule has 0 heterocycles. The molecule has 0 amide bonds. The first-order valence-electron chi connectivity index (χ1n) is 3.60. The summed E-state index contributed by atoms with van der Waals surface area (Å²) in [5, 5.41) is 0. The maximum absolute atomic E-state index is 2.49. The smallest absolute Gasteiger partial charge is 0.0192 e. The molecule has 0 aromatic carbocycles. The van der Waals surface area contributed by atoms with Gasteiger partial charge in [-0.3, -0.25) is 0 Å². The lowest BCUT2D eigenvalue weighted by atomic mass is 9.80. The highest BCUT2D eigenvalue weighted by Crippen LogP contribution is 2.48. The van der Waals surface area contributed by atoms with Crippen LogP contribution in [0.1, 0.15) is 26.2 Å². The van der Waals surface area contributed by atoms with Crippen LogP contribution in [-0.4, -0.2) is 0 Å². The monoisotopic (exact) mass is 108 g/mol. The molecule has 0 N–H and O–H groups in total. The summed E-state index contributed by atoms with van der Waals surface area (Å²) in [6.07, 6.45) is 6.78. The Morgan fingerprint density at radius 1 is 1.62 bits per heavy atom. The fraction of sp³-hybridized carbons (Fsp3) is 0.750. The molecule has 0 spiro atoms. The Balaban J connectivity index is 2.15. The maximum Gasteiger partial charge on any atom is -0.0192 e. The van der Waals surface area contributed by atoms with Crippen molar-refractivity contribution in [1.29, 1.82) is 0 Å². The summed E-state index contributed by atoms with van der Waals surface area (Å²) in [7, 11) is 0. The Hall–Kier alpha value is -0.260. The van der Waals surface area contributed by atoms with Crippen LogP contribution >= 0.6 is 0 Å². The van der Waals surface area contributed by atoms with E-state index >= 15 is 0 Å². The number of hydrogen-bond acceptors (Lipinski definition) is 0. The molecule has 3 rings (SSSR count).